The molecule has 2 aromatic carbocycles. The highest BCUT2D eigenvalue weighted by Crippen LogP contribution is 2.45. The second-order valence-corrected chi connectivity index (χ2v) is 21.8. The number of hydrazine groups is 1. The van der Waals surface area contributed by atoms with Crippen LogP contribution in [0.4, 0.5) is 47.3 Å². The maximum atomic E-state index is 14.5. The van der Waals surface area contributed by atoms with Gasteiger partial charge in [-0.05, 0) is 139 Å². The highest BCUT2D eigenvalue weighted by atomic mass is 35.5. The van der Waals surface area contributed by atoms with E-state index in [1.807, 2.05) is 25.8 Å². The highest BCUT2D eigenvalue weighted by Gasteiger charge is 2.46. The molecule has 0 radical (unpaired) electrons. The third-order valence-corrected chi connectivity index (χ3v) is 17.2. The van der Waals surface area contributed by atoms with Crippen LogP contribution in [-0.2, 0) is 30.2 Å². The summed E-state index contributed by atoms with van der Waals surface area (Å²) in [4.78, 5) is 61.4. The van der Waals surface area contributed by atoms with Gasteiger partial charge in [0.25, 0.3) is 0 Å². The number of anilines is 2. The van der Waals surface area contributed by atoms with Crippen molar-refractivity contribution in [1.82, 2.24) is 39.8 Å². The van der Waals surface area contributed by atoms with E-state index in [1.54, 1.807) is 15.9 Å². The van der Waals surface area contributed by atoms with Gasteiger partial charge in [-0.3, -0.25) is 14.6 Å². The summed E-state index contributed by atoms with van der Waals surface area (Å²) in [6.07, 6.45) is 1.82. The number of urea groups is 1. The number of carbonyl (C=O) groups excluding carboxylic acids is 2. The van der Waals surface area contributed by atoms with Gasteiger partial charge in [0.2, 0.25) is 0 Å². The van der Waals surface area contributed by atoms with Gasteiger partial charge in [0.05, 0.1) is 22.3 Å². The van der Waals surface area contributed by atoms with Crippen molar-refractivity contribution in [1.29, 1.82) is 0 Å². The maximum Gasteiger partial charge on any atom is 0.416 e. The van der Waals surface area contributed by atoms with Crippen molar-refractivity contribution in [3.63, 3.8) is 0 Å². The van der Waals surface area contributed by atoms with Crippen LogP contribution in [0, 0.1) is 5.92 Å². The Morgan fingerprint density at radius 2 is 1.46 bits per heavy atom. The van der Waals surface area contributed by atoms with Crippen LogP contribution in [0.2, 0.25) is 5.02 Å². The number of carbonyl (C=O) groups is 4. The first-order valence-electron chi connectivity index (χ1n) is 25.4. The van der Waals surface area contributed by atoms with Gasteiger partial charge in [0, 0.05) is 93.1 Å². The van der Waals surface area contributed by atoms with Crippen LogP contribution in [0.1, 0.15) is 111 Å². The van der Waals surface area contributed by atoms with Crippen molar-refractivity contribution in [2.75, 3.05) is 62.7 Å². The van der Waals surface area contributed by atoms with Crippen LogP contribution in [0.15, 0.2) is 54.9 Å². The molecule has 3 aromatic rings. The van der Waals surface area contributed by atoms with Crippen molar-refractivity contribution in [3.8, 4) is 0 Å². The Hall–Kier alpha value is -5.58. The molecule has 0 bridgehead atoms. The van der Waals surface area contributed by atoms with E-state index in [4.69, 9.17) is 11.6 Å². The summed E-state index contributed by atoms with van der Waals surface area (Å²) in [6, 6.07) is 5.89. The number of carboxylic acids is 2. The molecule has 3 amide bonds. The number of alkyl halides is 6. The quantitative estimate of drug-likeness (QED) is 0.157. The molecule has 16 nitrogen and oxygen atoms in total. The Morgan fingerprint density at radius 3 is 2.08 bits per heavy atom. The largest absolute Gasteiger partial charge is 0.480 e. The minimum absolute atomic E-state index is 0.0498. The van der Waals surface area contributed by atoms with E-state index in [-0.39, 0.29) is 34.6 Å². The average Bonchev–Trinajstić information content (AvgIpc) is 4.22. The number of rotatable bonds is 11. The first-order valence-corrected chi connectivity index (χ1v) is 25.7. The minimum atomic E-state index is -4.58. The lowest BCUT2D eigenvalue weighted by Crippen LogP contribution is -2.56. The highest BCUT2D eigenvalue weighted by molar-refractivity contribution is 6.33. The molecular weight excluding hydrogens is 998 g/mol. The number of benzene rings is 2. The van der Waals surface area contributed by atoms with Crippen molar-refractivity contribution < 1.29 is 55.7 Å². The summed E-state index contributed by atoms with van der Waals surface area (Å²) < 4.78 is 87.6. The predicted octanol–water partition coefficient (Wildman–Crippen LogP) is 8.84. The van der Waals surface area contributed by atoms with Crippen molar-refractivity contribution >= 4 is 47.0 Å². The molecule has 0 saturated carbocycles. The van der Waals surface area contributed by atoms with Crippen LogP contribution >= 0.6 is 11.6 Å². The van der Waals surface area contributed by atoms with Gasteiger partial charge in [-0.15, -0.1) is 0 Å². The monoisotopic (exact) mass is 1060 g/mol. The molecule has 4 atom stereocenters. The number of hydrogen-bond acceptors (Lipinski definition) is 10. The fourth-order valence-corrected chi connectivity index (χ4v) is 12.6. The van der Waals surface area contributed by atoms with E-state index < -0.39 is 58.7 Å². The number of nitrogens with one attached hydrogen (secondary N) is 1. The molecule has 2 unspecified atom stereocenters. The van der Waals surface area contributed by atoms with E-state index in [0.717, 1.165) is 60.8 Å². The number of aliphatic carboxylic acids is 1. The Kier molecular flexibility index (Phi) is 14.8. The summed E-state index contributed by atoms with van der Waals surface area (Å²) >= 11 is 5.99. The van der Waals surface area contributed by atoms with Crippen LogP contribution < -0.4 is 15.2 Å². The van der Waals surface area contributed by atoms with Crippen molar-refractivity contribution in [2.45, 2.75) is 133 Å². The van der Waals surface area contributed by atoms with Crippen LogP contribution in [0.3, 0.4) is 0 Å². The molecule has 402 valence electrons. The first kappa shape index (κ1) is 53.3. The van der Waals surface area contributed by atoms with Gasteiger partial charge in [-0.25, -0.2) is 24.8 Å². The zero-order chi connectivity index (χ0) is 53.1. The summed E-state index contributed by atoms with van der Waals surface area (Å²) in [5, 5.41) is 23.6. The van der Waals surface area contributed by atoms with E-state index >= 15 is 0 Å². The second-order valence-electron chi connectivity index (χ2n) is 21.4. The molecule has 0 aliphatic carbocycles. The van der Waals surface area contributed by atoms with Gasteiger partial charge in [0.1, 0.15) is 6.04 Å². The normalized spacial score (nSPS) is 24.3. The summed E-state index contributed by atoms with van der Waals surface area (Å²) in [5.41, 5.74) is 2.58. The molecule has 6 aliphatic heterocycles. The Bertz CT molecular complexity index is 2650. The number of hydrogen-bond donors (Lipinski definition) is 3. The molecule has 1 spiro atoms. The average molecular weight is 1060 g/mol. The molecule has 6 aliphatic rings. The number of carboxylic acid groups (broad SMARTS) is 2. The van der Waals surface area contributed by atoms with Crippen molar-refractivity contribution in [2.24, 2.45) is 5.92 Å². The van der Waals surface area contributed by atoms with Crippen LogP contribution in [0.25, 0.3) is 0 Å². The number of aromatic nitrogens is 2. The number of aromatic carboxylic acids is 1. The zero-order valence-corrected chi connectivity index (χ0v) is 42.4. The molecule has 9 rings (SSSR count). The molecular formula is C51H63ClF6N10O6. The van der Waals surface area contributed by atoms with E-state index in [0.29, 0.717) is 108 Å². The van der Waals surface area contributed by atoms with Gasteiger partial charge < -0.3 is 29.8 Å². The molecule has 3 N–H and O–H groups in total. The maximum absolute atomic E-state index is 14.5. The minimum Gasteiger partial charge on any atom is -0.480 e. The van der Waals surface area contributed by atoms with E-state index in [2.05, 4.69) is 25.2 Å². The van der Waals surface area contributed by atoms with Crippen molar-refractivity contribution in [3.05, 3.63) is 87.8 Å². The number of likely N-dealkylation sites (tertiary alicyclic amines) is 3. The second kappa shape index (κ2) is 20.5. The number of piperidine rings is 2. The van der Waals surface area contributed by atoms with Gasteiger partial charge in [-0.1, -0.05) is 23.7 Å². The summed E-state index contributed by atoms with van der Waals surface area (Å²) in [5.74, 6) is -2.40. The number of amides is 3. The fraction of sp³-hybridized carbons (Fsp3) is 0.588. The third-order valence-electron chi connectivity index (χ3n) is 16.9. The topological polar surface area (TPSA) is 161 Å². The molecule has 5 saturated heterocycles. The first-order chi connectivity index (χ1) is 34.9. The standard InChI is InChI=1S/C51H63ClF6N10O6/c1-32-5-10-38(68(32)42-27-37(51(56,57)58)9-7-35(42)30-65-18-4-13-49(65)16-23-63(24-17-49)46(73)66-20-12-40(59-66)44(69)70)25-33-11-19-64(28-33)41-26-36(50(53,54)55)8-6-34(41)29-61(3)48(2)14-21-62(22-15-48)47(74)67-31-39(52)43(60-67)45(71)72/h6-9,12,20,26-27,31-33,38,40,59H,4-5,10-11,13-19,21-25,28-30H2,1-3H3,(H,69,70)(H,71,72)/t32-,33?,38+,40?/m0/s1. The van der Waals surface area contributed by atoms with Gasteiger partial charge in [0.15, 0.2) is 5.69 Å². The predicted molar refractivity (Wildman–Crippen MR) is 263 cm³/mol. The number of nitrogens with zero attached hydrogens (tertiary/aromatic N) is 9. The molecule has 74 heavy (non-hydrogen) atoms. The lowest BCUT2D eigenvalue weighted by molar-refractivity contribution is -0.139. The van der Waals surface area contributed by atoms with Gasteiger partial charge in [-0.2, -0.15) is 36.1 Å². The van der Waals surface area contributed by atoms with E-state index in [9.17, 15) is 55.7 Å². The van der Waals surface area contributed by atoms with E-state index in [1.165, 1.54) is 35.5 Å². The van der Waals surface area contributed by atoms with Crippen LogP contribution in [0.5, 0.6) is 0 Å². The summed E-state index contributed by atoms with van der Waals surface area (Å²) in [7, 11) is 1.91. The smallest absolute Gasteiger partial charge is 0.416 e. The molecule has 5 fully saturated rings. The number of halogens is 7. The Morgan fingerprint density at radius 1 is 0.824 bits per heavy atom. The van der Waals surface area contributed by atoms with Gasteiger partial charge >= 0.3 is 36.4 Å². The third kappa shape index (κ3) is 10.8. The molecule has 7 heterocycles. The fourth-order valence-electron chi connectivity index (χ4n) is 12.3. The van der Waals surface area contributed by atoms with Crippen LogP contribution in [-0.4, -0.2) is 151 Å². The molecule has 1 aromatic heterocycles. The lowest BCUT2D eigenvalue weighted by Gasteiger charge is -2.46. The lowest BCUT2D eigenvalue weighted by atomic mass is 9.84. The SMILES string of the molecule is C[C@H]1CC[C@H](CC2CCN(c3cc(C(F)(F)F)ccc3CN(C)C3(C)CCN(C(=O)n4cc(Cl)c(C(=O)O)n4)CC3)C2)N1c1cc(C(F)(F)F)ccc1CN1CCCC12CCN(C(=O)N1C=CC(C(=O)O)N1)CC2. The summed E-state index contributed by atoms with van der Waals surface area (Å²) in [6.45, 7) is 8.07. The molecule has 23 heteroatoms. The zero-order valence-electron chi connectivity index (χ0n) is 41.6. The Labute approximate surface area is 430 Å². The Balaban J connectivity index is 0.882.